The van der Waals surface area contributed by atoms with Crippen LogP contribution in [0.25, 0.3) is 11.0 Å². The van der Waals surface area contributed by atoms with Crippen molar-refractivity contribution >= 4 is 28.6 Å². The average Bonchev–Trinajstić information content (AvgIpc) is 2.96. The first-order valence-corrected chi connectivity index (χ1v) is 7.05. The van der Waals surface area contributed by atoms with E-state index in [0.29, 0.717) is 11.5 Å². The molecule has 22 heavy (non-hydrogen) atoms. The quantitative estimate of drug-likeness (QED) is 0.667. The van der Waals surface area contributed by atoms with Crippen LogP contribution in [0.15, 0.2) is 24.4 Å². The summed E-state index contributed by atoms with van der Waals surface area (Å²) in [5.74, 6) is 1.43. The van der Waals surface area contributed by atoms with Crippen LogP contribution in [-0.4, -0.2) is 31.7 Å². The van der Waals surface area contributed by atoms with E-state index >= 15 is 0 Å². The summed E-state index contributed by atoms with van der Waals surface area (Å²) < 4.78 is 0. The third-order valence-corrected chi connectivity index (χ3v) is 3.61. The zero-order valence-corrected chi connectivity index (χ0v) is 12.5. The van der Waals surface area contributed by atoms with Crippen molar-refractivity contribution in [2.24, 2.45) is 0 Å². The van der Waals surface area contributed by atoms with Gasteiger partial charge in [-0.25, -0.2) is 4.98 Å². The van der Waals surface area contributed by atoms with Crippen molar-refractivity contribution in [3.05, 3.63) is 30.1 Å². The molecule has 0 amide bonds. The van der Waals surface area contributed by atoms with Gasteiger partial charge in [-0.15, -0.1) is 0 Å². The van der Waals surface area contributed by atoms with Gasteiger partial charge in [0.15, 0.2) is 5.65 Å². The second-order valence-corrected chi connectivity index (χ2v) is 4.99. The Balaban J connectivity index is 2.08. The zero-order valence-electron chi connectivity index (χ0n) is 12.5. The smallest absolute Gasteiger partial charge is 0.224 e. The maximum Gasteiger partial charge on any atom is 0.224 e. The highest BCUT2D eigenvalue weighted by molar-refractivity contribution is 5.87. The molecule has 0 saturated heterocycles. The number of anilines is 3. The number of nitrogens with one attached hydrogen (secondary N) is 1. The second kappa shape index (κ2) is 5.47. The van der Waals surface area contributed by atoms with Crippen LogP contribution in [0, 0.1) is 0 Å². The average molecular weight is 298 g/mol. The topological polar surface area (TPSA) is 123 Å². The predicted molar refractivity (Wildman–Crippen MR) is 86.2 cm³/mol. The molecule has 3 aromatic heterocycles. The molecule has 3 rings (SSSR count). The van der Waals surface area contributed by atoms with Gasteiger partial charge in [-0.1, -0.05) is 6.07 Å². The number of nitrogen functional groups attached to an aromatic ring is 2. The van der Waals surface area contributed by atoms with Crippen LogP contribution in [0.3, 0.4) is 0 Å². The second-order valence-electron chi connectivity index (χ2n) is 4.99. The summed E-state index contributed by atoms with van der Waals surface area (Å²) in [7, 11) is 0. The van der Waals surface area contributed by atoms with Crippen LogP contribution in [0.4, 0.5) is 17.6 Å². The number of fused-ring (bicyclic) bond motifs is 1. The predicted octanol–water partition coefficient (Wildman–Crippen LogP) is 1.50. The van der Waals surface area contributed by atoms with Gasteiger partial charge in [0.1, 0.15) is 11.6 Å². The number of pyridine rings is 1. The first kappa shape index (κ1) is 14.1. The Kier molecular flexibility index (Phi) is 3.50. The number of aromatic nitrogens is 5. The van der Waals surface area contributed by atoms with E-state index in [1.165, 1.54) is 0 Å². The lowest BCUT2D eigenvalue weighted by Gasteiger charge is -2.29. The molecule has 0 radical (unpaired) electrons. The van der Waals surface area contributed by atoms with Crippen LogP contribution in [0.1, 0.15) is 25.6 Å². The molecule has 3 heterocycles. The summed E-state index contributed by atoms with van der Waals surface area (Å²) in [5.41, 5.74) is 13.1. The molecule has 0 spiro atoms. The van der Waals surface area contributed by atoms with Crippen molar-refractivity contribution in [1.29, 1.82) is 0 Å². The number of hydrogen-bond donors (Lipinski definition) is 3. The number of rotatable bonds is 4. The van der Waals surface area contributed by atoms with E-state index in [1.54, 1.807) is 12.3 Å². The molecule has 1 atom stereocenters. The molecule has 0 saturated carbocycles. The molecular weight excluding hydrogens is 280 g/mol. The van der Waals surface area contributed by atoms with Gasteiger partial charge in [0.25, 0.3) is 0 Å². The van der Waals surface area contributed by atoms with E-state index in [2.05, 4.69) is 37.0 Å². The van der Waals surface area contributed by atoms with Crippen molar-refractivity contribution in [3.63, 3.8) is 0 Å². The number of H-pyrrole nitrogens is 1. The van der Waals surface area contributed by atoms with Gasteiger partial charge in [-0.05, 0) is 26.0 Å². The molecule has 5 N–H and O–H groups in total. The minimum absolute atomic E-state index is 0.0131. The van der Waals surface area contributed by atoms with E-state index in [1.807, 2.05) is 19.1 Å². The highest BCUT2D eigenvalue weighted by atomic mass is 15.3. The highest BCUT2D eigenvalue weighted by Gasteiger charge is 2.21. The van der Waals surface area contributed by atoms with Gasteiger partial charge in [-0.2, -0.15) is 15.1 Å². The van der Waals surface area contributed by atoms with Crippen LogP contribution in [0.5, 0.6) is 0 Å². The molecule has 114 valence electrons. The molecule has 0 aliphatic heterocycles. The number of hydrogen-bond acceptors (Lipinski definition) is 7. The summed E-state index contributed by atoms with van der Waals surface area (Å²) >= 11 is 0. The monoisotopic (exact) mass is 298 g/mol. The Morgan fingerprint density at radius 2 is 2.05 bits per heavy atom. The van der Waals surface area contributed by atoms with E-state index < -0.39 is 0 Å². The molecule has 8 nitrogen and oxygen atoms in total. The Labute approximate surface area is 127 Å². The molecule has 8 heteroatoms. The fourth-order valence-electron chi connectivity index (χ4n) is 2.52. The Bertz CT molecular complexity index is 796. The van der Waals surface area contributed by atoms with E-state index in [9.17, 15) is 0 Å². The molecule has 3 aromatic rings. The van der Waals surface area contributed by atoms with Crippen molar-refractivity contribution in [2.75, 3.05) is 22.9 Å². The SMILES string of the molecule is CCN(c1nc(N)nc2[nH]ncc12)C(C)c1cccc(N)n1. The van der Waals surface area contributed by atoms with Crippen LogP contribution < -0.4 is 16.4 Å². The maximum absolute atomic E-state index is 5.81. The molecular formula is C14H18N8. The largest absolute Gasteiger partial charge is 0.384 e. The van der Waals surface area contributed by atoms with Crippen molar-refractivity contribution < 1.29 is 0 Å². The van der Waals surface area contributed by atoms with Crippen LogP contribution in [0.2, 0.25) is 0 Å². The lowest BCUT2D eigenvalue weighted by atomic mass is 10.1. The summed E-state index contributed by atoms with van der Waals surface area (Å²) in [6.45, 7) is 4.83. The van der Waals surface area contributed by atoms with Gasteiger partial charge in [0.05, 0.1) is 23.3 Å². The zero-order chi connectivity index (χ0) is 15.7. The third-order valence-electron chi connectivity index (χ3n) is 3.61. The van der Waals surface area contributed by atoms with E-state index in [0.717, 1.165) is 23.4 Å². The number of nitrogens with two attached hydrogens (primary N) is 2. The maximum atomic E-state index is 5.81. The van der Waals surface area contributed by atoms with Crippen molar-refractivity contribution in [1.82, 2.24) is 25.1 Å². The van der Waals surface area contributed by atoms with Gasteiger partial charge >= 0.3 is 0 Å². The molecule has 0 aromatic carbocycles. The fraction of sp³-hybridized carbons (Fsp3) is 0.286. The molecule has 0 bridgehead atoms. The first-order chi connectivity index (χ1) is 10.6. The normalized spacial score (nSPS) is 12.5. The molecule has 0 fully saturated rings. The number of aromatic amines is 1. The van der Waals surface area contributed by atoms with Gasteiger partial charge < -0.3 is 16.4 Å². The summed E-state index contributed by atoms with van der Waals surface area (Å²) in [5, 5.41) is 7.67. The van der Waals surface area contributed by atoms with Crippen LogP contribution >= 0.6 is 0 Å². The van der Waals surface area contributed by atoms with Crippen molar-refractivity contribution in [2.45, 2.75) is 19.9 Å². The summed E-state index contributed by atoms with van der Waals surface area (Å²) in [6.07, 6.45) is 1.70. The summed E-state index contributed by atoms with van der Waals surface area (Å²) in [4.78, 5) is 15.0. The molecule has 1 unspecified atom stereocenters. The van der Waals surface area contributed by atoms with E-state index in [4.69, 9.17) is 11.5 Å². The minimum atomic E-state index is -0.0131. The number of nitrogens with zero attached hydrogens (tertiary/aromatic N) is 5. The van der Waals surface area contributed by atoms with Gasteiger partial charge in [0.2, 0.25) is 5.95 Å². The molecule has 0 aliphatic rings. The molecule has 0 aliphatic carbocycles. The lowest BCUT2D eigenvalue weighted by Crippen LogP contribution is -2.28. The van der Waals surface area contributed by atoms with Gasteiger partial charge in [0, 0.05) is 6.54 Å². The van der Waals surface area contributed by atoms with Gasteiger partial charge in [-0.3, -0.25) is 5.10 Å². The van der Waals surface area contributed by atoms with E-state index in [-0.39, 0.29) is 12.0 Å². The standard InChI is InChI=1S/C14H18N8/c1-3-22(8(2)10-5-4-6-11(15)18-10)13-9-7-17-21-12(9)19-14(16)20-13/h4-8H,3H2,1-2H3,(H2,15,18)(H3,16,17,19,20,21). The fourth-order valence-corrected chi connectivity index (χ4v) is 2.52. The Hall–Kier alpha value is -2.90. The highest BCUT2D eigenvalue weighted by Crippen LogP contribution is 2.29. The van der Waals surface area contributed by atoms with Crippen LogP contribution in [-0.2, 0) is 0 Å². The first-order valence-electron chi connectivity index (χ1n) is 7.05. The Morgan fingerprint density at radius 1 is 1.23 bits per heavy atom. The minimum Gasteiger partial charge on any atom is -0.384 e. The summed E-state index contributed by atoms with van der Waals surface area (Å²) in [6, 6.07) is 5.59. The lowest BCUT2D eigenvalue weighted by molar-refractivity contribution is 0.665. The Morgan fingerprint density at radius 3 is 2.77 bits per heavy atom. The van der Waals surface area contributed by atoms with Crippen molar-refractivity contribution in [3.8, 4) is 0 Å². The third kappa shape index (κ3) is 2.39.